The fourth-order valence-electron chi connectivity index (χ4n) is 3.88. The van der Waals surface area contributed by atoms with Gasteiger partial charge in [-0.15, -0.1) is 0 Å². The van der Waals surface area contributed by atoms with Gasteiger partial charge < -0.3 is 19.1 Å². The molecule has 0 bridgehead atoms. The number of fused-ring (bicyclic) bond motifs is 1. The number of hydrogen-bond acceptors (Lipinski definition) is 6. The molecule has 3 rings (SSSR count). The SMILES string of the molecule is COC(=O)C[C@H]1c2cc(OC)c(OC)cc2CC[NH+]1Cc1ccc([N+](=O)[O-])cc1. The van der Waals surface area contributed by atoms with E-state index in [0.717, 1.165) is 29.7 Å². The number of nitrogens with one attached hydrogen (secondary N) is 1. The third-order valence-electron chi connectivity index (χ3n) is 5.41. The topological polar surface area (TPSA) is 92.3 Å². The maximum Gasteiger partial charge on any atom is 0.311 e. The fraction of sp³-hybridized carbons (Fsp3) is 0.381. The number of hydrogen-bond donors (Lipinski definition) is 1. The van der Waals surface area contributed by atoms with E-state index < -0.39 is 4.92 Å². The van der Waals surface area contributed by atoms with Gasteiger partial charge in [-0.1, -0.05) is 0 Å². The normalized spacial score (nSPS) is 17.9. The Hall–Kier alpha value is -3.13. The third kappa shape index (κ3) is 4.48. The summed E-state index contributed by atoms with van der Waals surface area (Å²) in [6.07, 6.45) is 1.07. The monoisotopic (exact) mass is 401 g/mol. The van der Waals surface area contributed by atoms with Crippen molar-refractivity contribution < 1.29 is 28.8 Å². The van der Waals surface area contributed by atoms with E-state index in [4.69, 9.17) is 14.2 Å². The lowest BCUT2D eigenvalue weighted by Gasteiger charge is -2.34. The minimum absolute atomic E-state index is 0.0654. The van der Waals surface area contributed by atoms with E-state index in [1.54, 1.807) is 26.4 Å². The summed E-state index contributed by atoms with van der Waals surface area (Å²) in [5.74, 6) is 1.01. The molecule has 29 heavy (non-hydrogen) atoms. The van der Waals surface area contributed by atoms with E-state index in [0.29, 0.717) is 18.0 Å². The molecule has 8 nitrogen and oxygen atoms in total. The van der Waals surface area contributed by atoms with Gasteiger partial charge in [0.15, 0.2) is 11.5 Å². The van der Waals surface area contributed by atoms with Gasteiger partial charge in [-0.25, -0.2) is 0 Å². The van der Waals surface area contributed by atoms with E-state index in [-0.39, 0.29) is 24.1 Å². The Bertz CT molecular complexity index is 897. The van der Waals surface area contributed by atoms with Crippen molar-refractivity contribution in [1.29, 1.82) is 0 Å². The summed E-state index contributed by atoms with van der Waals surface area (Å²) >= 11 is 0. The molecule has 0 aliphatic carbocycles. The summed E-state index contributed by atoms with van der Waals surface area (Å²) in [6.45, 7) is 1.47. The minimum Gasteiger partial charge on any atom is -0.493 e. The first-order valence-corrected chi connectivity index (χ1v) is 9.36. The smallest absolute Gasteiger partial charge is 0.311 e. The molecule has 0 amide bonds. The third-order valence-corrected chi connectivity index (χ3v) is 5.41. The van der Waals surface area contributed by atoms with E-state index in [2.05, 4.69) is 0 Å². The first kappa shape index (κ1) is 20.6. The molecule has 2 aromatic rings. The van der Waals surface area contributed by atoms with Gasteiger partial charge in [-0.05, 0) is 29.8 Å². The van der Waals surface area contributed by atoms with Crippen LogP contribution in [0.15, 0.2) is 36.4 Å². The van der Waals surface area contributed by atoms with Gasteiger partial charge >= 0.3 is 5.97 Å². The summed E-state index contributed by atoms with van der Waals surface area (Å²) in [4.78, 5) is 23.8. The molecule has 0 fully saturated rings. The summed E-state index contributed by atoms with van der Waals surface area (Å²) < 4.78 is 15.8. The highest BCUT2D eigenvalue weighted by atomic mass is 16.6. The molecule has 2 aromatic carbocycles. The van der Waals surface area contributed by atoms with Crippen LogP contribution in [0.5, 0.6) is 11.5 Å². The summed E-state index contributed by atoms with van der Waals surface area (Å²) in [5, 5.41) is 10.9. The Morgan fingerprint density at radius 1 is 1.14 bits per heavy atom. The average Bonchev–Trinajstić information content (AvgIpc) is 2.74. The number of carbonyl (C=O) groups is 1. The van der Waals surface area contributed by atoms with Crippen molar-refractivity contribution in [3.8, 4) is 11.5 Å². The summed E-state index contributed by atoms with van der Waals surface area (Å²) in [5.41, 5.74) is 3.21. The molecule has 8 heteroatoms. The first-order valence-electron chi connectivity index (χ1n) is 9.36. The largest absolute Gasteiger partial charge is 0.493 e. The van der Waals surface area contributed by atoms with Crippen LogP contribution in [0.1, 0.15) is 29.2 Å². The zero-order valence-electron chi connectivity index (χ0n) is 16.8. The predicted molar refractivity (Wildman–Crippen MR) is 105 cm³/mol. The summed E-state index contributed by atoms with van der Waals surface area (Å²) in [7, 11) is 4.58. The average molecular weight is 401 g/mol. The number of benzene rings is 2. The number of esters is 1. The van der Waals surface area contributed by atoms with Crippen molar-refractivity contribution in [2.45, 2.75) is 25.4 Å². The number of nitro benzene ring substituents is 1. The molecule has 1 heterocycles. The zero-order valence-corrected chi connectivity index (χ0v) is 16.8. The van der Waals surface area contributed by atoms with E-state index >= 15 is 0 Å². The van der Waals surface area contributed by atoms with Crippen LogP contribution in [0.3, 0.4) is 0 Å². The second-order valence-electron chi connectivity index (χ2n) is 7.00. The van der Waals surface area contributed by atoms with E-state index in [1.807, 2.05) is 12.1 Å². The second-order valence-corrected chi connectivity index (χ2v) is 7.00. The van der Waals surface area contributed by atoms with Crippen LogP contribution in [-0.4, -0.2) is 38.8 Å². The molecule has 154 valence electrons. The van der Waals surface area contributed by atoms with Crippen LogP contribution in [0.2, 0.25) is 0 Å². The Morgan fingerprint density at radius 3 is 2.38 bits per heavy atom. The molecule has 2 atom stereocenters. The predicted octanol–water partition coefficient (Wildman–Crippen LogP) is 1.86. The Morgan fingerprint density at radius 2 is 1.79 bits per heavy atom. The molecule has 0 aromatic heterocycles. The van der Waals surface area contributed by atoms with Crippen molar-refractivity contribution in [3.63, 3.8) is 0 Å². The Labute approximate surface area is 169 Å². The molecular weight excluding hydrogens is 376 g/mol. The highest BCUT2D eigenvalue weighted by Crippen LogP contribution is 2.35. The number of nitro groups is 1. The molecular formula is C21H25N2O6+. The van der Waals surface area contributed by atoms with Crippen LogP contribution in [0.25, 0.3) is 0 Å². The quantitative estimate of drug-likeness (QED) is 0.433. The highest BCUT2D eigenvalue weighted by molar-refractivity contribution is 5.70. The zero-order chi connectivity index (χ0) is 21.0. The maximum atomic E-state index is 12.1. The molecule has 0 radical (unpaired) electrons. The molecule has 1 aliphatic heterocycles. The van der Waals surface area contributed by atoms with Crippen molar-refractivity contribution in [1.82, 2.24) is 0 Å². The number of non-ortho nitro benzene ring substituents is 1. The number of rotatable bonds is 7. The lowest BCUT2D eigenvalue weighted by molar-refractivity contribution is -0.946. The van der Waals surface area contributed by atoms with Gasteiger partial charge in [0.05, 0.1) is 32.8 Å². The standard InChI is InChI=1S/C21H24N2O6/c1-27-19-10-15-8-9-22(13-14-4-6-16(7-5-14)23(25)26)18(12-21(24)29-3)17(15)11-20(19)28-2/h4-7,10-11,18H,8-9,12-13H2,1-3H3/p+1/t18-/m0/s1. The molecule has 0 spiro atoms. The van der Waals surface area contributed by atoms with E-state index in [9.17, 15) is 14.9 Å². The van der Waals surface area contributed by atoms with Gasteiger partial charge in [0.25, 0.3) is 5.69 Å². The van der Waals surface area contributed by atoms with E-state index in [1.165, 1.54) is 24.1 Å². The Kier molecular flexibility index (Phi) is 6.33. The van der Waals surface area contributed by atoms with Gasteiger partial charge in [0, 0.05) is 29.7 Å². The lowest BCUT2D eigenvalue weighted by Crippen LogP contribution is -3.12. The van der Waals surface area contributed by atoms with Gasteiger partial charge in [-0.2, -0.15) is 0 Å². The second kappa shape index (κ2) is 8.91. The number of quaternary nitrogens is 1. The number of nitrogens with zero attached hydrogens (tertiary/aromatic N) is 1. The van der Waals surface area contributed by atoms with Crippen LogP contribution in [0, 0.1) is 10.1 Å². The van der Waals surface area contributed by atoms with Gasteiger partial charge in [-0.3, -0.25) is 14.9 Å². The highest BCUT2D eigenvalue weighted by Gasteiger charge is 2.34. The molecule has 1 N–H and O–H groups in total. The molecule has 1 aliphatic rings. The van der Waals surface area contributed by atoms with Crippen molar-refractivity contribution in [3.05, 3.63) is 63.2 Å². The fourth-order valence-corrected chi connectivity index (χ4v) is 3.88. The number of ether oxygens (including phenoxy) is 3. The maximum absolute atomic E-state index is 12.1. The van der Waals surface area contributed by atoms with Crippen LogP contribution in [-0.2, 0) is 22.5 Å². The van der Waals surface area contributed by atoms with Gasteiger partial charge in [0.1, 0.15) is 19.0 Å². The van der Waals surface area contributed by atoms with Crippen molar-refractivity contribution >= 4 is 11.7 Å². The van der Waals surface area contributed by atoms with Crippen LogP contribution < -0.4 is 14.4 Å². The van der Waals surface area contributed by atoms with Crippen LogP contribution in [0.4, 0.5) is 5.69 Å². The van der Waals surface area contributed by atoms with Crippen molar-refractivity contribution in [2.24, 2.45) is 0 Å². The Balaban J connectivity index is 1.93. The summed E-state index contributed by atoms with van der Waals surface area (Å²) in [6, 6.07) is 10.4. The molecule has 0 saturated carbocycles. The molecule has 1 unspecified atom stereocenters. The number of carbonyl (C=O) groups excluding carboxylic acids is 1. The minimum atomic E-state index is -0.409. The molecule has 0 saturated heterocycles. The van der Waals surface area contributed by atoms with Gasteiger partial charge in [0.2, 0.25) is 0 Å². The van der Waals surface area contributed by atoms with Crippen molar-refractivity contribution in [2.75, 3.05) is 27.9 Å². The lowest BCUT2D eigenvalue weighted by atomic mass is 9.89. The first-order chi connectivity index (χ1) is 14.0. The number of methoxy groups -OCH3 is 3. The van der Waals surface area contributed by atoms with Crippen LogP contribution >= 0.6 is 0 Å².